The van der Waals surface area contributed by atoms with Gasteiger partial charge in [0.2, 0.25) is 5.75 Å². The summed E-state index contributed by atoms with van der Waals surface area (Å²) in [5.41, 5.74) is 17.5. The number of aromatic carboxylic acids is 1. The van der Waals surface area contributed by atoms with Crippen LogP contribution < -0.4 is 30.2 Å². The maximum absolute atomic E-state index is 11.6. The number of rotatable bonds is 18. The van der Waals surface area contributed by atoms with Crippen LogP contribution in [0.2, 0.25) is 0 Å². The van der Waals surface area contributed by atoms with Crippen LogP contribution in [0.5, 0.6) is 17.2 Å². The third-order valence-electron chi connectivity index (χ3n) is 14.7. The zero-order valence-corrected chi connectivity index (χ0v) is 48.4. The van der Waals surface area contributed by atoms with Crippen molar-refractivity contribution in [1.29, 1.82) is 0 Å². The minimum absolute atomic E-state index is 0.220. The first kappa shape index (κ1) is 56.6. The molecule has 14 rings (SSSR count). The molecule has 0 aliphatic heterocycles. The van der Waals surface area contributed by atoms with Gasteiger partial charge in [0.15, 0.2) is 11.5 Å². The second-order valence-electron chi connectivity index (χ2n) is 20.3. The number of nitrogens with one attached hydrogen (secondary N) is 3. The summed E-state index contributed by atoms with van der Waals surface area (Å²) in [4.78, 5) is 33.2. The monoisotopic (exact) mass is 1160 g/mol. The Balaban J connectivity index is 0.000000129. The van der Waals surface area contributed by atoms with Crippen molar-refractivity contribution in [3.05, 3.63) is 279 Å². The van der Waals surface area contributed by atoms with Crippen molar-refractivity contribution in [2.75, 3.05) is 37.3 Å². The Morgan fingerprint density at radius 3 is 1.30 bits per heavy atom. The van der Waals surface area contributed by atoms with E-state index in [-0.39, 0.29) is 5.56 Å². The fourth-order valence-electron chi connectivity index (χ4n) is 10.4. The lowest BCUT2D eigenvalue weighted by Crippen LogP contribution is -2.06. The van der Waals surface area contributed by atoms with Gasteiger partial charge in [0.1, 0.15) is 19.0 Å². The van der Waals surface area contributed by atoms with Crippen LogP contribution in [0.1, 0.15) is 27.0 Å². The highest BCUT2D eigenvalue weighted by molar-refractivity contribution is 5.93. The van der Waals surface area contributed by atoms with E-state index in [1.165, 1.54) is 5.56 Å². The third-order valence-corrected chi connectivity index (χ3v) is 14.7. The van der Waals surface area contributed by atoms with Crippen LogP contribution in [-0.4, -0.2) is 80.2 Å². The van der Waals surface area contributed by atoms with Crippen molar-refractivity contribution in [3.8, 4) is 45.7 Å². The molecule has 0 aliphatic carbocycles. The SMILES string of the molecule is COc1cc(NCc2cccc(-n3cnc4ccccc43)c2)cc(OC)c1OC.O=C(O)c1ccc(NCc2cccc(-n3cnc4ccccc43)c2)cc1-n1ccnc1.c1cc(NCc2cccc(-n3cnc4ccccc43)c2)cc(-n2ccnc2)c1. The molecule has 18 nitrogen and oxygen atoms in total. The van der Waals surface area contributed by atoms with Crippen molar-refractivity contribution >= 4 is 56.1 Å². The molecule has 88 heavy (non-hydrogen) atoms. The molecule has 9 aromatic carbocycles. The van der Waals surface area contributed by atoms with Gasteiger partial charge in [-0.15, -0.1) is 0 Å². The van der Waals surface area contributed by atoms with Gasteiger partial charge >= 0.3 is 5.97 Å². The second-order valence-corrected chi connectivity index (χ2v) is 20.3. The summed E-state index contributed by atoms with van der Waals surface area (Å²) in [6.45, 7) is 1.99. The molecule has 0 amide bonds. The summed E-state index contributed by atoms with van der Waals surface area (Å²) in [6, 6.07) is 66.8. The summed E-state index contributed by atoms with van der Waals surface area (Å²) in [5.74, 6) is 0.839. The maximum Gasteiger partial charge on any atom is 0.337 e. The number of aromatic nitrogens is 10. The number of benzene rings is 9. The molecule has 5 heterocycles. The highest BCUT2D eigenvalue weighted by Crippen LogP contribution is 2.40. The molecule has 0 radical (unpaired) electrons. The van der Waals surface area contributed by atoms with E-state index in [9.17, 15) is 9.90 Å². The van der Waals surface area contributed by atoms with Crippen LogP contribution >= 0.6 is 0 Å². The number of carboxylic acids is 1. The number of carbonyl (C=O) groups is 1. The van der Waals surface area contributed by atoms with E-state index in [1.54, 1.807) is 69.3 Å². The fraction of sp³-hybridized carbons (Fsp3) is 0.0857. The quantitative estimate of drug-likeness (QED) is 0.0635. The van der Waals surface area contributed by atoms with Gasteiger partial charge in [-0.2, -0.15) is 0 Å². The van der Waals surface area contributed by atoms with Crippen LogP contribution in [0.3, 0.4) is 0 Å². The molecule has 0 aliphatic rings. The molecule has 4 N–H and O–H groups in total. The van der Waals surface area contributed by atoms with Gasteiger partial charge in [-0.05, 0) is 126 Å². The molecule has 0 saturated heterocycles. The maximum atomic E-state index is 11.6. The van der Waals surface area contributed by atoms with Gasteiger partial charge in [0.25, 0.3) is 0 Å². The van der Waals surface area contributed by atoms with Gasteiger partial charge in [-0.3, -0.25) is 13.7 Å². The van der Waals surface area contributed by atoms with Crippen molar-refractivity contribution in [3.63, 3.8) is 0 Å². The minimum atomic E-state index is -0.976. The molecular weight excluding hydrogens is 1100 g/mol. The van der Waals surface area contributed by atoms with E-state index >= 15 is 0 Å². The highest BCUT2D eigenvalue weighted by Gasteiger charge is 2.16. The van der Waals surface area contributed by atoms with Crippen LogP contribution in [0.15, 0.2) is 257 Å². The van der Waals surface area contributed by atoms with Gasteiger partial charge in [-0.25, -0.2) is 29.7 Å². The number of ether oxygens (including phenoxy) is 3. The number of methoxy groups -OCH3 is 3. The zero-order valence-electron chi connectivity index (χ0n) is 48.4. The number of fused-ring (bicyclic) bond motifs is 3. The van der Waals surface area contributed by atoms with Gasteiger partial charge < -0.3 is 44.4 Å². The van der Waals surface area contributed by atoms with E-state index in [1.807, 2.05) is 115 Å². The molecule has 0 unspecified atom stereocenters. The lowest BCUT2D eigenvalue weighted by molar-refractivity contribution is 0.0697. The summed E-state index contributed by atoms with van der Waals surface area (Å²) in [7, 11) is 4.82. The Morgan fingerprint density at radius 2 is 0.852 bits per heavy atom. The number of imidazole rings is 5. The largest absolute Gasteiger partial charge is 0.493 e. The number of nitrogens with zero attached hydrogens (tertiary/aromatic N) is 10. The van der Waals surface area contributed by atoms with E-state index in [0.29, 0.717) is 36.0 Å². The van der Waals surface area contributed by atoms with E-state index < -0.39 is 5.97 Å². The Labute approximate surface area is 507 Å². The highest BCUT2D eigenvalue weighted by atomic mass is 16.5. The number of para-hydroxylation sites is 6. The number of hydrogen-bond acceptors (Lipinski definition) is 12. The van der Waals surface area contributed by atoms with Gasteiger partial charge in [0, 0.05) is 96.4 Å². The molecule has 18 heteroatoms. The van der Waals surface area contributed by atoms with Gasteiger partial charge in [0.05, 0.1) is 78.3 Å². The Kier molecular flexibility index (Phi) is 16.9. The first-order valence-electron chi connectivity index (χ1n) is 28.3. The fourth-order valence-corrected chi connectivity index (χ4v) is 10.4. The van der Waals surface area contributed by atoms with Crippen LogP contribution in [0.4, 0.5) is 17.1 Å². The summed E-state index contributed by atoms with van der Waals surface area (Å²) in [5, 5.41) is 19.8. The average molecular weight is 1160 g/mol. The van der Waals surface area contributed by atoms with E-state index in [0.717, 1.165) is 90.6 Å². The molecule has 0 fully saturated rings. The van der Waals surface area contributed by atoms with E-state index in [2.05, 4.69) is 158 Å². The van der Waals surface area contributed by atoms with Gasteiger partial charge in [-0.1, -0.05) is 78.9 Å². The van der Waals surface area contributed by atoms with Crippen LogP contribution in [0, 0.1) is 0 Å². The Bertz CT molecular complexity index is 4640. The first-order chi connectivity index (χ1) is 43.3. The number of carboxylic acid groups (broad SMARTS) is 1. The van der Waals surface area contributed by atoms with Crippen LogP contribution in [0.25, 0.3) is 61.5 Å². The van der Waals surface area contributed by atoms with Crippen molar-refractivity contribution in [1.82, 2.24) is 47.8 Å². The van der Waals surface area contributed by atoms with Crippen molar-refractivity contribution in [2.45, 2.75) is 19.6 Å². The van der Waals surface area contributed by atoms with E-state index in [4.69, 9.17) is 14.2 Å². The predicted octanol–water partition coefficient (Wildman–Crippen LogP) is 14.0. The molecule has 14 aromatic rings. The summed E-state index contributed by atoms with van der Waals surface area (Å²) in [6.07, 6.45) is 16.0. The molecule has 0 saturated carbocycles. The first-order valence-corrected chi connectivity index (χ1v) is 28.3. The second kappa shape index (κ2) is 26.3. The molecule has 0 spiro atoms. The Hall–Kier alpha value is -11.9. The standard InChI is InChI=1S/C24H19N5O2.C23H19N5.C23H23N3O3/c30-24(31)20-9-8-18(13-23(20)28-11-10-25-15-28)26-14-17-4-3-5-19(12-17)29-16-27-21-6-1-2-7-22(21)29;1-2-10-23-22(9-1)26-17-28(23)21-8-3-5-18(13-21)15-25-19-6-4-7-20(14-19)27-12-11-24-16-27;1-27-21-12-17(13-22(28-2)23(21)29-3)24-14-16-7-6-8-18(11-16)26-15-25-19-9-4-5-10-20(19)26/h1-13,15-16,26H,14H2,(H,30,31);1-14,16-17,25H,15H2;4-13,15,24H,14H2,1-3H3. The Morgan fingerprint density at radius 1 is 0.420 bits per heavy atom. The predicted molar refractivity (Wildman–Crippen MR) is 345 cm³/mol. The molecule has 0 bridgehead atoms. The number of anilines is 3. The molecule has 5 aromatic heterocycles. The number of hydrogen-bond donors (Lipinski definition) is 4. The smallest absolute Gasteiger partial charge is 0.337 e. The zero-order chi connectivity index (χ0) is 60.2. The van der Waals surface area contributed by atoms with Crippen molar-refractivity contribution in [2.24, 2.45) is 0 Å². The van der Waals surface area contributed by atoms with Crippen molar-refractivity contribution < 1.29 is 24.1 Å². The lowest BCUT2D eigenvalue weighted by atomic mass is 10.1. The molecule has 436 valence electrons. The summed E-state index contributed by atoms with van der Waals surface area (Å²) >= 11 is 0. The molecule has 0 atom stereocenters. The summed E-state index contributed by atoms with van der Waals surface area (Å²) < 4.78 is 26.2. The topological polar surface area (TPSA) is 190 Å². The lowest BCUT2D eigenvalue weighted by Gasteiger charge is -2.15. The molecular formula is C70H61N13O5. The normalized spacial score (nSPS) is 10.9. The minimum Gasteiger partial charge on any atom is -0.493 e. The average Bonchev–Trinajstić information content (AvgIpc) is 4.64. The van der Waals surface area contributed by atoms with Crippen LogP contribution in [-0.2, 0) is 19.6 Å². The third kappa shape index (κ3) is 12.8.